The fraction of sp³-hybridized carbons (Fsp3) is 0.471. The van der Waals surface area contributed by atoms with Crippen LogP contribution in [0.5, 0.6) is 0 Å². The molecule has 0 amide bonds. The molecule has 0 fully saturated rings. The molecule has 1 aromatic carbocycles. The molecule has 1 heterocycles. The lowest BCUT2D eigenvalue weighted by atomic mass is 9.86. The molecule has 0 bridgehead atoms. The van der Waals surface area contributed by atoms with E-state index in [1.54, 1.807) is 0 Å². The summed E-state index contributed by atoms with van der Waals surface area (Å²) in [6.45, 7) is 8.90. The molecule has 102 valence electrons. The molecule has 2 aromatic rings. The number of hydrogen-bond acceptors (Lipinski definition) is 2. The molecule has 1 N–H and O–H groups in total. The average Bonchev–Trinajstić information content (AvgIpc) is 2.37. The molecular formula is C17H24N2. The van der Waals surface area contributed by atoms with Gasteiger partial charge < -0.3 is 5.32 Å². The summed E-state index contributed by atoms with van der Waals surface area (Å²) < 4.78 is 0. The maximum Gasteiger partial charge on any atom is 0.130 e. The van der Waals surface area contributed by atoms with Crippen molar-refractivity contribution in [2.24, 2.45) is 0 Å². The van der Waals surface area contributed by atoms with Crippen LogP contribution in [0.2, 0.25) is 0 Å². The number of anilines is 1. The molecule has 19 heavy (non-hydrogen) atoms. The van der Waals surface area contributed by atoms with Gasteiger partial charge in [0.05, 0.1) is 5.52 Å². The van der Waals surface area contributed by atoms with Crippen molar-refractivity contribution < 1.29 is 0 Å². The summed E-state index contributed by atoms with van der Waals surface area (Å²) in [5.74, 6) is 1.00. The van der Waals surface area contributed by atoms with E-state index < -0.39 is 0 Å². The van der Waals surface area contributed by atoms with Crippen LogP contribution in [0.4, 0.5) is 5.82 Å². The zero-order valence-corrected chi connectivity index (χ0v) is 12.7. The first-order valence-electron chi connectivity index (χ1n) is 7.08. The van der Waals surface area contributed by atoms with E-state index in [9.17, 15) is 0 Å². The van der Waals surface area contributed by atoms with E-state index in [0.29, 0.717) is 0 Å². The summed E-state index contributed by atoms with van der Waals surface area (Å²) in [5, 5.41) is 4.50. The zero-order chi connectivity index (χ0) is 14.0. The standard InChI is InChI=1S/C17H24N2/c1-6-8-12-9-7-10-13-11-14(17(2,3)4)16(18-5)19-15(12)13/h7,9-11H,6,8H2,1-5H3,(H,18,19). The maximum absolute atomic E-state index is 4.87. The molecule has 0 unspecified atom stereocenters. The number of aryl methyl sites for hydroxylation is 1. The SMILES string of the molecule is CCCc1cccc2cc(C(C)(C)C)c(NC)nc12. The van der Waals surface area contributed by atoms with Gasteiger partial charge in [0.25, 0.3) is 0 Å². The predicted octanol–water partition coefficient (Wildman–Crippen LogP) is 4.53. The highest BCUT2D eigenvalue weighted by Crippen LogP contribution is 2.32. The topological polar surface area (TPSA) is 24.9 Å². The summed E-state index contributed by atoms with van der Waals surface area (Å²) in [7, 11) is 1.95. The Morgan fingerprint density at radius 1 is 1.21 bits per heavy atom. The van der Waals surface area contributed by atoms with Crippen molar-refractivity contribution in [1.29, 1.82) is 0 Å². The van der Waals surface area contributed by atoms with E-state index in [4.69, 9.17) is 4.98 Å². The maximum atomic E-state index is 4.87. The zero-order valence-electron chi connectivity index (χ0n) is 12.7. The van der Waals surface area contributed by atoms with Crippen molar-refractivity contribution in [3.63, 3.8) is 0 Å². The van der Waals surface area contributed by atoms with Crippen LogP contribution in [0, 0.1) is 0 Å². The normalized spacial score (nSPS) is 11.8. The van der Waals surface area contributed by atoms with E-state index in [1.807, 2.05) is 7.05 Å². The van der Waals surface area contributed by atoms with Crippen molar-refractivity contribution in [3.8, 4) is 0 Å². The van der Waals surface area contributed by atoms with Crippen molar-refractivity contribution in [1.82, 2.24) is 4.98 Å². The van der Waals surface area contributed by atoms with Crippen molar-refractivity contribution in [2.45, 2.75) is 46.0 Å². The highest BCUT2D eigenvalue weighted by Gasteiger charge is 2.20. The molecule has 1 aromatic heterocycles. The lowest BCUT2D eigenvalue weighted by Gasteiger charge is -2.23. The number of hydrogen-bond donors (Lipinski definition) is 1. The highest BCUT2D eigenvalue weighted by molar-refractivity contribution is 5.85. The van der Waals surface area contributed by atoms with Gasteiger partial charge in [-0.2, -0.15) is 0 Å². The van der Waals surface area contributed by atoms with Crippen LogP contribution < -0.4 is 5.32 Å². The molecule has 0 atom stereocenters. The number of rotatable bonds is 3. The third-order valence-corrected chi connectivity index (χ3v) is 3.49. The first kappa shape index (κ1) is 13.9. The van der Waals surface area contributed by atoms with Crippen LogP contribution in [-0.2, 0) is 11.8 Å². The smallest absolute Gasteiger partial charge is 0.130 e. The highest BCUT2D eigenvalue weighted by atomic mass is 15.0. The Hall–Kier alpha value is -1.57. The van der Waals surface area contributed by atoms with Gasteiger partial charge in [-0.1, -0.05) is 52.3 Å². The Morgan fingerprint density at radius 3 is 2.53 bits per heavy atom. The summed E-state index contributed by atoms with van der Waals surface area (Å²) in [6.07, 6.45) is 2.24. The first-order valence-corrected chi connectivity index (χ1v) is 7.08. The van der Waals surface area contributed by atoms with Gasteiger partial charge in [0.15, 0.2) is 0 Å². The fourth-order valence-corrected chi connectivity index (χ4v) is 2.49. The van der Waals surface area contributed by atoms with Gasteiger partial charge in [-0.3, -0.25) is 0 Å². The monoisotopic (exact) mass is 256 g/mol. The van der Waals surface area contributed by atoms with Crippen LogP contribution in [0.1, 0.15) is 45.2 Å². The Labute approximate surface area is 116 Å². The molecule has 0 spiro atoms. The fourth-order valence-electron chi connectivity index (χ4n) is 2.49. The van der Waals surface area contributed by atoms with E-state index in [2.05, 4.69) is 57.3 Å². The van der Waals surface area contributed by atoms with E-state index >= 15 is 0 Å². The lowest BCUT2D eigenvalue weighted by molar-refractivity contribution is 0.591. The minimum absolute atomic E-state index is 0.0975. The largest absolute Gasteiger partial charge is 0.373 e. The van der Waals surface area contributed by atoms with Crippen molar-refractivity contribution >= 4 is 16.7 Å². The summed E-state index contributed by atoms with van der Waals surface area (Å²) in [4.78, 5) is 4.87. The van der Waals surface area contributed by atoms with Crippen molar-refractivity contribution in [3.05, 3.63) is 35.4 Å². The third-order valence-electron chi connectivity index (χ3n) is 3.49. The molecule has 0 aliphatic heterocycles. The summed E-state index contributed by atoms with van der Waals surface area (Å²) in [5.41, 5.74) is 3.86. The number of para-hydroxylation sites is 1. The molecule has 2 heteroatoms. The molecule has 0 aliphatic rings. The minimum atomic E-state index is 0.0975. The molecule has 2 rings (SSSR count). The Bertz CT molecular complexity index is 580. The van der Waals surface area contributed by atoms with E-state index in [0.717, 1.165) is 24.2 Å². The van der Waals surface area contributed by atoms with Gasteiger partial charge in [0.1, 0.15) is 5.82 Å². The first-order chi connectivity index (χ1) is 8.97. The number of nitrogens with one attached hydrogen (secondary N) is 1. The second kappa shape index (κ2) is 5.20. The predicted molar refractivity (Wildman–Crippen MR) is 84.0 cm³/mol. The molecule has 0 radical (unpaired) electrons. The van der Waals surface area contributed by atoms with Gasteiger partial charge in [-0.25, -0.2) is 4.98 Å². The third kappa shape index (κ3) is 2.73. The van der Waals surface area contributed by atoms with Gasteiger partial charge in [0, 0.05) is 18.0 Å². The molecule has 0 saturated heterocycles. The summed E-state index contributed by atoms with van der Waals surface area (Å²) >= 11 is 0. The van der Waals surface area contributed by atoms with E-state index in [1.165, 1.54) is 16.5 Å². The van der Waals surface area contributed by atoms with Gasteiger partial charge in [-0.15, -0.1) is 0 Å². The number of benzene rings is 1. The number of fused-ring (bicyclic) bond motifs is 1. The molecule has 0 aliphatic carbocycles. The van der Waals surface area contributed by atoms with Gasteiger partial charge in [-0.05, 0) is 23.5 Å². The summed E-state index contributed by atoms with van der Waals surface area (Å²) in [6, 6.07) is 8.78. The molecule has 0 saturated carbocycles. The van der Waals surface area contributed by atoms with E-state index in [-0.39, 0.29) is 5.41 Å². The van der Waals surface area contributed by atoms with Crippen LogP contribution in [0.3, 0.4) is 0 Å². The number of aromatic nitrogens is 1. The second-order valence-corrected chi connectivity index (χ2v) is 6.12. The quantitative estimate of drug-likeness (QED) is 0.873. The Morgan fingerprint density at radius 2 is 1.95 bits per heavy atom. The molecular weight excluding hydrogens is 232 g/mol. The van der Waals surface area contributed by atoms with Crippen LogP contribution in [0.25, 0.3) is 10.9 Å². The van der Waals surface area contributed by atoms with Crippen LogP contribution in [-0.4, -0.2) is 12.0 Å². The number of nitrogens with zero attached hydrogens (tertiary/aromatic N) is 1. The average molecular weight is 256 g/mol. The van der Waals surface area contributed by atoms with Gasteiger partial charge >= 0.3 is 0 Å². The Kier molecular flexibility index (Phi) is 3.79. The second-order valence-electron chi connectivity index (χ2n) is 6.12. The number of pyridine rings is 1. The Balaban J connectivity index is 2.70. The molecule has 2 nitrogen and oxygen atoms in total. The van der Waals surface area contributed by atoms with Crippen LogP contribution >= 0.6 is 0 Å². The van der Waals surface area contributed by atoms with Gasteiger partial charge in [0.2, 0.25) is 0 Å². The minimum Gasteiger partial charge on any atom is -0.373 e. The van der Waals surface area contributed by atoms with Crippen LogP contribution in [0.15, 0.2) is 24.3 Å². The van der Waals surface area contributed by atoms with Crippen molar-refractivity contribution in [2.75, 3.05) is 12.4 Å². The lowest BCUT2D eigenvalue weighted by Crippen LogP contribution is -2.15.